The molecule has 1 amide bonds. The van der Waals surface area contributed by atoms with Gasteiger partial charge in [-0.3, -0.25) is 4.79 Å². The van der Waals surface area contributed by atoms with Crippen LogP contribution in [0.2, 0.25) is 5.02 Å². The summed E-state index contributed by atoms with van der Waals surface area (Å²) in [6.45, 7) is 1.43. The van der Waals surface area contributed by atoms with Crippen molar-refractivity contribution in [2.75, 3.05) is 13.2 Å². The second-order valence-corrected chi connectivity index (χ2v) is 7.20. The van der Waals surface area contributed by atoms with Gasteiger partial charge in [0.1, 0.15) is 5.82 Å². The van der Waals surface area contributed by atoms with Gasteiger partial charge in [-0.25, -0.2) is 4.39 Å². The number of hydrogen-bond acceptors (Lipinski definition) is 3. The van der Waals surface area contributed by atoms with E-state index in [1.165, 1.54) is 12.1 Å². The van der Waals surface area contributed by atoms with Crippen LogP contribution in [0.3, 0.4) is 0 Å². The van der Waals surface area contributed by atoms with E-state index in [1.807, 2.05) is 12.1 Å². The Morgan fingerprint density at radius 1 is 1.24 bits per heavy atom. The Morgan fingerprint density at radius 3 is 2.68 bits per heavy atom. The molecule has 4 nitrogen and oxygen atoms in total. The van der Waals surface area contributed by atoms with Crippen LogP contribution in [0.4, 0.5) is 4.39 Å². The number of nitrogens with two attached hydrogens (primary N) is 1. The fourth-order valence-electron chi connectivity index (χ4n) is 3.23. The molecule has 1 aliphatic carbocycles. The molecular formula is C19H18ClFN2O2. The molecule has 25 heavy (non-hydrogen) atoms. The fourth-order valence-corrected chi connectivity index (χ4v) is 3.47. The van der Waals surface area contributed by atoms with Crippen LogP contribution in [-0.4, -0.2) is 24.7 Å². The lowest BCUT2D eigenvalue weighted by molar-refractivity contribution is -0.0150. The van der Waals surface area contributed by atoms with Gasteiger partial charge < -0.3 is 15.8 Å². The summed E-state index contributed by atoms with van der Waals surface area (Å²) in [5, 5.41) is 4.09. The van der Waals surface area contributed by atoms with Gasteiger partial charge >= 0.3 is 0 Å². The minimum atomic E-state index is -0.793. The van der Waals surface area contributed by atoms with Gasteiger partial charge in [-0.2, -0.15) is 0 Å². The molecule has 0 radical (unpaired) electrons. The fraction of sp³-hybridized carbons (Fsp3) is 0.316. The first-order valence-corrected chi connectivity index (χ1v) is 8.61. The zero-order valence-corrected chi connectivity index (χ0v) is 14.3. The number of amides is 1. The maximum Gasteiger partial charge on any atom is 0.251 e. The van der Waals surface area contributed by atoms with Gasteiger partial charge in [0.25, 0.3) is 5.91 Å². The van der Waals surface area contributed by atoms with Gasteiger partial charge in [0, 0.05) is 11.6 Å². The van der Waals surface area contributed by atoms with Crippen LogP contribution in [-0.2, 0) is 4.74 Å². The molecule has 3 N–H and O–H groups in total. The Bertz CT molecular complexity index is 841. The molecule has 1 spiro atoms. The molecule has 2 aromatic carbocycles. The number of morpholine rings is 1. The molecular weight excluding hydrogens is 343 g/mol. The largest absolute Gasteiger partial charge is 0.372 e. The van der Waals surface area contributed by atoms with E-state index in [4.69, 9.17) is 22.1 Å². The molecule has 2 aliphatic rings. The first kappa shape index (κ1) is 16.5. The Balaban J connectivity index is 1.66. The van der Waals surface area contributed by atoms with Crippen molar-refractivity contribution >= 4 is 17.5 Å². The summed E-state index contributed by atoms with van der Waals surface area (Å²) in [5.41, 5.74) is 7.65. The number of hydrogen-bond donors (Lipinski definition) is 2. The molecule has 1 aliphatic heterocycles. The van der Waals surface area contributed by atoms with Crippen molar-refractivity contribution in [3.05, 3.63) is 58.4 Å². The van der Waals surface area contributed by atoms with Crippen molar-refractivity contribution in [3.63, 3.8) is 0 Å². The maximum atomic E-state index is 13.7. The van der Waals surface area contributed by atoms with Gasteiger partial charge in [-0.1, -0.05) is 17.7 Å². The zero-order chi connectivity index (χ0) is 17.6. The Hall–Kier alpha value is -1.95. The summed E-state index contributed by atoms with van der Waals surface area (Å²) in [6, 6.07) is 10.0. The van der Waals surface area contributed by atoms with Crippen LogP contribution in [0, 0.1) is 5.82 Å². The third kappa shape index (κ3) is 3.27. The number of benzene rings is 2. The van der Waals surface area contributed by atoms with Crippen molar-refractivity contribution in [1.29, 1.82) is 0 Å². The van der Waals surface area contributed by atoms with E-state index in [9.17, 15) is 9.18 Å². The van der Waals surface area contributed by atoms with Crippen LogP contribution in [0.15, 0.2) is 36.4 Å². The lowest BCUT2D eigenvalue weighted by atomic mass is 9.97. The van der Waals surface area contributed by atoms with Crippen molar-refractivity contribution in [1.82, 2.24) is 5.32 Å². The topological polar surface area (TPSA) is 64.4 Å². The van der Waals surface area contributed by atoms with E-state index in [1.54, 1.807) is 12.1 Å². The first-order valence-electron chi connectivity index (χ1n) is 8.23. The van der Waals surface area contributed by atoms with Gasteiger partial charge in [0.05, 0.1) is 23.8 Å². The number of carbonyl (C=O) groups excluding carboxylic acids is 1. The van der Waals surface area contributed by atoms with Crippen LogP contribution in [0.25, 0.3) is 11.1 Å². The van der Waals surface area contributed by atoms with E-state index in [2.05, 4.69) is 5.32 Å². The van der Waals surface area contributed by atoms with Gasteiger partial charge in [-0.15, -0.1) is 0 Å². The van der Waals surface area contributed by atoms with Crippen molar-refractivity contribution in [3.8, 4) is 11.1 Å². The van der Waals surface area contributed by atoms with Gasteiger partial charge in [0.2, 0.25) is 0 Å². The predicted octanol–water partition coefficient (Wildman–Crippen LogP) is 3.44. The Morgan fingerprint density at radius 2 is 2.04 bits per heavy atom. The highest BCUT2D eigenvalue weighted by Gasteiger charge is 2.46. The summed E-state index contributed by atoms with van der Waals surface area (Å²) in [6.07, 6.45) is 2.22. The van der Waals surface area contributed by atoms with E-state index >= 15 is 0 Å². The van der Waals surface area contributed by atoms with Crippen molar-refractivity contribution in [2.45, 2.75) is 24.5 Å². The summed E-state index contributed by atoms with van der Waals surface area (Å²) in [5.74, 6) is -1.42. The van der Waals surface area contributed by atoms with E-state index in [0.717, 1.165) is 30.5 Å². The minimum Gasteiger partial charge on any atom is -0.372 e. The summed E-state index contributed by atoms with van der Waals surface area (Å²) < 4.78 is 19.7. The highest BCUT2D eigenvalue weighted by atomic mass is 35.5. The third-order valence-electron chi connectivity index (χ3n) is 4.92. The number of rotatable bonds is 3. The van der Waals surface area contributed by atoms with Crippen LogP contribution < -0.4 is 11.1 Å². The Kier molecular flexibility index (Phi) is 4.02. The highest BCUT2D eigenvalue weighted by molar-refractivity contribution is 6.31. The SMILES string of the molecule is NC(=O)c1cc(-c2cc(Cl)cc(C3COC4(CC4)CN3)c2)ccc1F. The minimum absolute atomic E-state index is 0.0469. The summed E-state index contributed by atoms with van der Waals surface area (Å²) in [7, 11) is 0. The number of nitrogens with one attached hydrogen (secondary N) is 1. The molecule has 0 aromatic heterocycles. The molecule has 1 unspecified atom stereocenters. The molecule has 6 heteroatoms. The standard InChI is InChI=1S/C19H18ClFN2O2/c20-14-6-12(11-1-2-16(21)15(8-11)18(22)24)5-13(7-14)17-9-25-19(3-4-19)10-23-17/h1-2,5-8,17,23H,3-4,9-10H2,(H2,22,24). The smallest absolute Gasteiger partial charge is 0.251 e. The number of halogens is 2. The normalized spacial score (nSPS) is 21.3. The lowest BCUT2D eigenvalue weighted by Gasteiger charge is -2.31. The molecule has 1 atom stereocenters. The van der Waals surface area contributed by atoms with Crippen LogP contribution >= 0.6 is 11.6 Å². The third-order valence-corrected chi connectivity index (χ3v) is 5.14. The van der Waals surface area contributed by atoms with Gasteiger partial charge in [0.15, 0.2) is 0 Å². The highest BCUT2D eigenvalue weighted by Crippen LogP contribution is 2.42. The molecule has 130 valence electrons. The number of primary amides is 1. The molecule has 4 rings (SSSR count). The lowest BCUT2D eigenvalue weighted by Crippen LogP contribution is -2.42. The van der Waals surface area contributed by atoms with E-state index in [0.29, 0.717) is 17.2 Å². The quantitative estimate of drug-likeness (QED) is 0.881. The van der Waals surface area contributed by atoms with E-state index in [-0.39, 0.29) is 17.2 Å². The zero-order valence-electron chi connectivity index (χ0n) is 13.5. The second kappa shape index (κ2) is 6.09. The first-order chi connectivity index (χ1) is 12.0. The van der Waals surface area contributed by atoms with Crippen LogP contribution in [0.5, 0.6) is 0 Å². The number of carbonyl (C=O) groups is 1. The number of ether oxygens (including phenoxy) is 1. The summed E-state index contributed by atoms with van der Waals surface area (Å²) >= 11 is 6.29. The van der Waals surface area contributed by atoms with Gasteiger partial charge in [-0.05, 0) is 59.9 Å². The average Bonchev–Trinajstić information content (AvgIpc) is 3.34. The average molecular weight is 361 g/mol. The second-order valence-electron chi connectivity index (χ2n) is 6.76. The summed E-state index contributed by atoms with van der Waals surface area (Å²) in [4.78, 5) is 11.4. The molecule has 0 bridgehead atoms. The molecule has 1 saturated heterocycles. The monoisotopic (exact) mass is 360 g/mol. The Labute approximate surface area is 150 Å². The maximum absolute atomic E-state index is 13.7. The van der Waals surface area contributed by atoms with Crippen LogP contribution in [0.1, 0.15) is 34.8 Å². The molecule has 1 heterocycles. The molecule has 2 aromatic rings. The predicted molar refractivity (Wildman–Crippen MR) is 94.0 cm³/mol. The molecule has 1 saturated carbocycles. The van der Waals surface area contributed by atoms with E-state index < -0.39 is 11.7 Å². The molecule has 2 fully saturated rings. The van der Waals surface area contributed by atoms with Crippen molar-refractivity contribution < 1.29 is 13.9 Å². The van der Waals surface area contributed by atoms with Crippen molar-refractivity contribution in [2.24, 2.45) is 5.73 Å².